The fourth-order valence-corrected chi connectivity index (χ4v) is 2.65. The highest BCUT2D eigenvalue weighted by Gasteiger charge is 2.04. The van der Waals surface area contributed by atoms with Gasteiger partial charge < -0.3 is 5.21 Å². The minimum absolute atomic E-state index is 0.607. The number of hydrogen-bond acceptors (Lipinski definition) is 4. The lowest BCUT2D eigenvalue weighted by molar-refractivity contribution is -0.106. The van der Waals surface area contributed by atoms with Gasteiger partial charge in [-0.2, -0.15) is 5.06 Å². The molecule has 4 heteroatoms. The molecule has 0 amide bonds. The van der Waals surface area contributed by atoms with Crippen LogP contribution in [-0.4, -0.2) is 10.3 Å². The van der Waals surface area contributed by atoms with E-state index in [9.17, 15) is 5.21 Å². The second-order valence-electron chi connectivity index (χ2n) is 2.98. The zero-order valence-electron chi connectivity index (χ0n) is 7.59. The van der Waals surface area contributed by atoms with Gasteiger partial charge in [0, 0.05) is 9.75 Å². The molecule has 2 heterocycles. The van der Waals surface area contributed by atoms with E-state index in [1.165, 1.54) is 14.8 Å². The van der Waals surface area contributed by atoms with Gasteiger partial charge in [0.05, 0.1) is 13.1 Å². The molecule has 14 heavy (non-hydrogen) atoms. The summed E-state index contributed by atoms with van der Waals surface area (Å²) in [6.45, 7) is 1.21. The quantitative estimate of drug-likeness (QED) is 0.808. The molecule has 0 bridgehead atoms. The molecule has 0 saturated heterocycles. The van der Waals surface area contributed by atoms with Crippen LogP contribution in [0.5, 0.6) is 0 Å². The second kappa shape index (κ2) is 4.70. The minimum atomic E-state index is 0.607. The number of hydroxylamine groups is 2. The minimum Gasteiger partial charge on any atom is -0.313 e. The van der Waals surface area contributed by atoms with E-state index in [0.29, 0.717) is 13.1 Å². The molecule has 2 aromatic rings. The lowest BCUT2D eigenvalue weighted by Gasteiger charge is -2.11. The van der Waals surface area contributed by atoms with Crippen molar-refractivity contribution >= 4 is 22.7 Å². The average molecular weight is 225 g/mol. The fourth-order valence-electron chi connectivity index (χ4n) is 1.22. The molecule has 0 spiro atoms. The lowest BCUT2D eigenvalue weighted by Crippen LogP contribution is -2.16. The summed E-state index contributed by atoms with van der Waals surface area (Å²) >= 11 is 3.33. The molecule has 0 aromatic carbocycles. The predicted molar refractivity (Wildman–Crippen MR) is 59.7 cm³/mol. The monoisotopic (exact) mass is 225 g/mol. The van der Waals surface area contributed by atoms with Gasteiger partial charge in [-0.1, -0.05) is 12.1 Å². The van der Waals surface area contributed by atoms with E-state index in [1.54, 1.807) is 22.7 Å². The zero-order chi connectivity index (χ0) is 9.80. The topological polar surface area (TPSA) is 23.5 Å². The van der Waals surface area contributed by atoms with E-state index in [-0.39, 0.29) is 0 Å². The molecule has 0 fully saturated rings. The van der Waals surface area contributed by atoms with E-state index in [1.807, 2.05) is 35.0 Å². The maximum Gasteiger partial charge on any atom is 0.0586 e. The van der Waals surface area contributed by atoms with Gasteiger partial charge in [0.25, 0.3) is 0 Å². The van der Waals surface area contributed by atoms with E-state index >= 15 is 0 Å². The maximum atomic E-state index is 9.64. The Morgan fingerprint density at radius 3 is 1.86 bits per heavy atom. The Morgan fingerprint density at radius 1 is 1.00 bits per heavy atom. The highest BCUT2D eigenvalue weighted by atomic mass is 32.1. The molecule has 0 unspecified atom stereocenters. The summed E-state index contributed by atoms with van der Waals surface area (Å²) in [5.74, 6) is 0. The van der Waals surface area contributed by atoms with Gasteiger partial charge in [-0.25, -0.2) is 0 Å². The van der Waals surface area contributed by atoms with Gasteiger partial charge >= 0.3 is 0 Å². The Kier molecular flexibility index (Phi) is 3.31. The fraction of sp³-hybridized carbons (Fsp3) is 0.200. The summed E-state index contributed by atoms with van der Waals surface area (Å²) in [6.07, 6.45) is 0. The van der Waals surface area contributed by atoms with Crippen LogP contribution in [-0.2, 0) is 13.1 Å². The summed E-state index contributed by atoms with van der Waals surface area (Å²) in [5, 5.41) is 15.0. The van der Waals surface area contributed by atoms with Crippen molar-refractivity contribution in [1.82, 2.24) is 5.06 Å². The van der Waals surface area contributed by atoms with Crippen LogP contribution in [0.4, 0.5) is 0 Å². The summed E-state index contributed by atoms with van der Waals surface area (Å²) in [4.78, 5) is 2.37. The van der Waals surface area contributed by atoms with E-state index < -0.39 is 0 Å². The van der Waals surface area contributed by atoms with E-state index in [4.69, 9.17) is 0 Å². The molecule has 74 valence electrons. The van der Waals surface area contributed by atoms with Crippen LogP contribution in [0.3, 0.4) is 0 Å². The molecule has 0 atom stereocenters. The first-order valence-electron chi connectivity index (χ1n) is 4.33. The van der Waals surface area contributed by atoms with E-state index in [2.05, 4.69) is 0 Å². The van der Waals surface area contributed by atoms with Crippen LogP contribution in [0, 0.1) is 0 Å². The normalized spacial score (nSPS) is 11.0. The van der Waals surface area contributed by atoms with Crippen molar-refractivity contribution < 1.29 is 5.21 Å². The van der Waals surface area contributed by atoms with Gasteiger partial charge in [-0.3, -0.25) is 0 Å². The number of hydrogen-bond donors (Lipinski definition) is 1. The first kappa shape index (κ1) is 9.86. The molecule has 2 aromatic heterocycles. The van der Waals surface area contributed by atoms with Crippen molar-refractivity contribution in [2.45, 2.75) is 13.1 Å². The number of thiophene rings is 2. The molecule has 2 rings (SSSR count). The van der Waals surface area contributed by atoms with Crippen molar-refractivity contribution in [3.8, 4) is 0 Å². The van der Waals surface area contributed by atoms with Gasteiger partial charge in [0.15, 0.2) is 0 Å². The van der Waals surface area contributed by atoms with Crippen LogP contribution in [0.25, 0.3) is 0 Å². The van der Waals surface area contributed by atoms with Crippen LogP contribution in [0.15, 0.2) is 35.0 Å². The Balaban J connectivity index is 1.88. The molecule has 0 saturated carbocycles. The standard InChI is InChI=1S/C10H11NOS2/c12-11(7-9-3-1-5-13-9)8-10-4-2-6-14-10/h1-6,12H,7-8H2. The molecule has 0 radical (unpaired) electrons. The van der Waals surface area contributed by atoms with Crippen molar-refractivity contribution in [3.63, 3.8) is 0 Å². The van der Waals surface area contributed by atoms with Gasteiger partial charge in [0.1, 0.15) is 0 Å². The Labute approximate surface area is 91.0 Å². The highest BCUT2D eigenvalue weighted by molar-refractivity contribution is 7.10. The number of nitrogens with zero attached hydrogens (tertiary/aromatic N) is 1. The largest absolute Gasteiger partial charge is 0.313 e. The maximum absolute atomic E-state index is 9.64. The average Bonchev–Trinajstić information content (AvgIpc) is 2.76. The van der Waals surface area contributed by atoms with Crippen molar-refractivity contribution in [3.05, 3.63) is 44.8 Å². The predicted octanol–water partition coefficient (Wildman–Crippen LogP) is 3.20. The van der Waals surface area contributed by atoms with Crippen LogP contribution in [0.2, 0.25) is 0 Å². The number of rotatable bonds is 4. The molecular formula is C10H11NOS2. The molecular weight excluding hydrogens is 214 g/mol. The van der Waals surface area contributed by atoms with Crippen molar-refractivity contribution in [1.29, 1.82) is 0 Å². The van der Waals surface area contributed by atoms with Crippen LogP contribution < -0.4 is 0 Å². The SMILES string of the molecule is ON(Cc1cccs1)Cc1cccs1. The third-order valence-electron chi connectivity index (χ3n) is 1.84. The second-order valence-corrected chi connectivity index (χ2v) is 5.05. The lowest BCUT2D eigenvalue weighted by atomic mass is 10.4. The van der Waals surface area contributed by atoms with E-state index in [0.717, 1.165) is 0 Å². The van der Waals surface area contributed by atoms with Gasteiger partial charge in [-0.05, 0) is 22.9 Å². The zero-order valence-corrected chi connectivity index (χ0v) is 9.22. The Hall–Kier alpha value is -0.680. The Bertz CT molecular complexity index is 319. The molecule has 0 aliphatic rings. The first-order chi connectivity index (χ1) is 6.84. The van der Waals surface area contributed by atoms with Gasteiger partial charge in [-0.15, -0.1) is 22.7 Å². The summed E-state index contributed by atoms with van der Waals surface area (Å²) < 4.78 is 0. The molecule has 2 nitrogen and oxygen atoms in total. The summed E-state index contributed by atoms with van der Waals surface area (Å²) in [6, 6.07) is 8.06. The highest BCUT2D eigenvalue weighted by Crippen LogP contribution is 2.15. The van der Waals surface area contributed by atoms with Crippen molar-refractivity contribution in [2.75, 3.05) is 0 Å². The summed E-state index contributed by atoms with van der Waals surface area (Å²) in [5.41, 5.74) is 0. The Morgan fingerprint density at radius 2 is 1.50 bits per heavy atom. The molecule has 1 N–H and O–H groups in total. The van der Waals surface area contributed by atoms with Crippen LogP contribution in [0.1, 0.15) is 9.75 Å². The molecule has 0 aliphatic heterocycles. The molecule has 0 aliphatic carbocycles. The summed E-state index contributed by atoms with van der Waals surface area (Å²) in [7, 11) is 0. The van der Waals surface area contributed by atoms with Crippen LogP contribution >= 0.6 is 22.7 Å². The third-order valence-corrected chi connectivity index (χ3v) is 3.56. The van der Waals surface area contributed by atoms with Crippen molar-refractivity contribution in [2.24, 2.45) is 0 Å². The third kappa shape index (κ3) is 2.65. The smallest absolute Gasteiger partial charge is 0.0586 e. The van der Waals surface area contributed by atoms with Gasteiger partial charge in [0.2, 0.25) is 0 Å². The first-order valence-corrected chi connectivity index (χ1v) is 6.09.